The monoisotopic (exact) mass is 165 g/mol. The van der Waals surface area contributed by atoms with Crippen LogP contribution in [0.4, 0.5) is 0 Å². The van der Waals surface area contributed by atoms with Crippen LogP contribution in [0, 0.1) is 6.92 Å². The van der Waals surface area contributed by atoms with Crippen LogP contribution in [-0.2, 0) is 0 Å². The molecule has 1 aromatic rings. The maximum Gasteiger partial charge on any atom is 0.122 e. The van der Waals surface area contributed by atoms with Crippen LogP contribution in [-0.4, -0.2) is 13.2 Å². The highest BCUT2D eigenvalue weighted by atomic mass is 16.5. The second-order valence-electron chi connectivity index (χ2n) is 2.76. The van der Waals surface area contributed by atoms with Crippen molar-refractivity contribution in [3.05, 3.63) is 29.8 Å². The predicted molar refractivity (Wildman–Crippen MR) is 50.3 cm³/mol. The third kappa shape index (κ3) is 2.55. The maximum atomic E-state index is 5.50. The smallest absolute Gasteiger partial charge is 0.122 e. The molecule has 0 fully saturated rings. The molecule has 66 valence electrons. The predicted octanol–water partition coefficient (Wildman–Crippen LogP) is 1.72. The summed E-state index contributed by atoms with van der Waals surface area (Å²) in [5.74, 6) is 0.964. The van der Waals surface area contributed by atoms with E-state index in [0.29, 0.717) is 13.2 Å². The standard InChI is InChI=1S/C10H15NO/c1-9-5-2-3-6-10(9)12-8-4-7-11/h2-3,5-6H,4,7-8,11H2,1H3. The summed E-state index contributed by atoms with van der Waals surface area (Å²) >= 11 is 0. The summed E-state index contributed by atoms with van der Waals surface area (Å²) in [5, 5.41) is 0. The van der Waals surface area contributed by atoms with Gasteiger partial charge in [-0.15, -0.1) is 0 Å². The van der Waals surface area contributed by atoms with E-state index in [1.807, 2.05) is 31.2 Å². The van der Waals surface area contributed by atoms with Crippen molar-refractivity contribution in [2.24, 2.45) is 5.73 Å². The molecule has 1 rings (SSSR count). The number of hydrogen-bond donors (Lipinski definition) is 1. The van der Waals surface area contributed by atoms with Crippen LogP contribution in [0.2, 0.25) is 0 Å². The Morgan fingerprint density at radius 3 is 2.75 bits per heavy atom. The molecule has 0 radical (unpaired) electrons. The van der Waals surface area contributed by atoms with Gasteiger partial charge in [0.05, 0.1) is 6.61 Å². The van der Waals surface area contributed by atoms with Crippen LogP contribution < -0.4 is 10.5 Å². The number of rotatable bonds is 4. The third-order valence-corrected chi connectivity index (χ3v) is 1.70. The zero-order chi connectivity index (χ0) is 8.81. The van der Waals surface area contributed by atoms with Crippen molar-refractivity contribution in [1.82, 2.24) is 0 Å². The van der Waals surface area contributed by atoms with Crippen LogP contribution in [0.3, 0.4) is 0 Å². The van der Waals surface area contributed by atoms with Gasteiger partial charge in [-0.1, -0.05) is 18.2 Å². The van der Waals surface area contributed by atoms with Gasteiger partial charge in [-0.05, 0) is 31.5 Å². The molecule has 2 heteroatoms. The van der Waals surface area contributed by atoms with Crippen molar-refractivity contribution < 1.29 is 4.74 Å². The minimum atomic E-state index is 0.686. The first-order chi connectivity index (χ1) is 5.84. The van der Waals surface area contributed by atoms with Crippen molar-refractivity contribution in [3.8, 4) is 5.75 Å². The molecular weight excluding hydrogens is 150 g/mol. The van der Waals surface area contributed by atoms with E-state index in [1.54, 1.807) is 0 Å². The van der Waals surface area contributed by atoms with Crippen LogP contribution in [0.1, 0.15) is 12.0 Å². The largest absolute Gasteiger partial charge is 0.493 e. The highest BCUT2D eigenvalue weighted by molar-refractivity contribution is 5.31. The minimum absolute atomic E-state index is 0.686. The number of benzene rings is 1. The average Bonchev–Trinajstić information content (AvgIpc) is 2.09. The number of nitrogens with two attached hydrogens (primary N) is 1. The van der Waals surface area contributed by atoms with E-state index in [1.165, 1.54) is 5.56 Å². The zero-order valence-corrected chi connectivity index (χ0v) is 7.42. The molecule has 0 heterocycles. The Hall–Kier alpha value is -1.02. The van der Waals surface area contributed by atoms with E-state index in [0.717, 1.165) is 12.2 Å². The molecule has 0 aliphatic heterocycles. The van der Waals surface area contributed by atoms with Crippen LogP contribution in [0.25, 0.3) is 0 Å². The van der Waals surface area contributed by atoms with Crippen molar-refractivity contribution in [2.45, 2.75) is 13.3 Å². The van der Waals surface area contributed by atoms with E-state index < -0.39 is 0 Å². The topological polar surface area (TPSA) is 35.2 Å². The van der Waals surface area contributed by atoms with Crippen LogP contribution in [0.15, 0.2) is 24.3 Å². The molecular formula is C10H15NO. The van der Waals surface area contributed by atoms with E-state index >= 15 is 0 Å². The van der Waals surface area contributed by atoms with Gasteiger partial charge in [-0.25, -0.2) is 0 Å². The lowest BCUT2D eigenvalue weighted by Gasteiger charge is -2.07. The van der Waals surface area contributed by atoms with E-state index in [-0.39, 0.29) is 0 Å². The van der Waals surface area contributed by atoms with Crippen molar-refractivity contribution in [2.75, 3.05) is 13.2 Å². The summed E-state index contributed by atoms with van der Waals surface area (Å²) in [7, 11) is 0. The highest BCUT2D eigenvalue weighted by Gasteiger charge is 1.95. The Kier molecular flexibility index (Phi) is 3.61. The summed E-state index contributed by atoms with van der Waals surface area (Å²) in [6.07, 6.45) is 0.911. The van der Waals surface area contributed by atoms with Gasteiger partial charge in [-0.3, -0.25) is 0 Å². The second-order valence-corrected chi connectivity index (χ2v) is 2.76. The first kappa shape index (κ1) is 9.07. The van der Waals surface area contributed by atoms with E-state index in [9.17, 15) is 0 Å². The molecule has 0 unspecified atom stereocenters. The Labute approximate surface area is 73.3 Å². The summed E-state index contributed by atoms with van der Waals surface area (Å²) in [4.78, 5) is 0. The Balaban J connectivity index is 2.46. The van der Waals surface area contributed by atoms with Gasteiger partial charge in [0.2, 0.25) is 0 Å². The number of hydrogen-bond acceptors (Lipinski definition) is 2. The molecule has 1 aromatic carbocycles. The molecule has 2 N–H and O–H groups in total. The zero-order valence-electron chi connectivity index (χ0n) is 7.42. The van der Waals surface area contributed by atoms with Crippen LogP contribution in [0.5, 0.6) is 5.75 Å². The average molecular weight is 165 g/mol. The SMILES string of the molecule is Cc1ccccc1OCCCN. The fraction of sp³-hybridized carbons (Fsp3) is 0.400. The lowest BCUT2D eigenvalue weighted by molar-refractivity contribution is 0.311. The van der Waals surface area contributed by atoms with Gasteiger partial charge in [0.15, 0.2) is 0 Å². The Morgan fingerprint density at radius 2 is 2.08 bits per heavy atom. The summed E-state index contributed by atoms with van der Waals surface area (Å²) < 4.78 is 5.50. The highest BCUT2D eigenvalue weighted by Crippen LogP contribution is 2.15. The molecule has 0 spiro atoms. The van der Waals surface area contributed by atoms with Crippen molar-refractivity contribution in [3.63, 3.8) is 0 Å². The Bertz CT molecular complexity index is 235. The molecule has 0 saturated heterocycles. The fourth-order valence-electron chi connectivity index (χ4n) is 0.984. The molecule has 2 nitrogen and oxygen atoms in total. The van der Waals surface area contributed by atoms with Crippen molar-refractivity contribution >= 4 is 0 Å². The third-order valence-electron chi connectivity index (χ3n) is 1.70. The lowest BCUT2D eigenvalue weighted by Crippen LogP contribution is -2.06. The van der Waals surface area contributed by atoms with Gasteiger partial charge in [-0.2, -0.15) is 0 Å². The van der Waals surface area contributed by atoms with Gasteiger partial charge < -0.3 is 10.5 Å². The molecule has 0 aliphatic carbocycles. The lowest BCUT2D eigenvalue weighted by atomic mass is 10.2. The van der Waals surface area contributed by atoms with Crippen LogP contribution >= 0.6 is 0 Å². The number of aryl methyl sites for hydroxylation is 1. The minimum Gasteiger partial charge on any atom is -0.493 e. The normalized spacial score (nSPS) is 9.83. The van der Waals surface area contributed by atoms with Gasteiger partial charge in [0, 0.05) is 0 Å². The second kappa shape index (κ2) is 4.78. The van der Waals surface area contributed by atoms with E-state index in [2.05, 4.69) is 0 Å². The summed E-state index contributed by atoms with van der Waals surface area (Å²) in [5.41, 5.74) is 6.53. The summed E-state index contributed by atoms with van der Waals surface area (Å²) in [6, 6.07) is 8.00. The molecule has 0 aromatic heterocycles. The van der Waals surface area contributed by atoms with Crippen molar-refractivity contribution in [1.29, 1.82) is 0 Å². The number of ether oxygens (including phenoxy) is 1. The van der Waals surface area contributed by atoms with Gasteiger partial charge >= 0.3 is 0 Å². The molecule has 0 aliphatic rings. The van der Waals surface area contributed by atoms with E-state index in [4.69, 9.17) is 10.5 Å². The first-order valence-electron chi connectivity index (χ1n) is 4.23. The molecule has 0 saturated carbocycles. The fourth-order valence-corrected chi connectivity index (χ4v) is 0.984. The molecule has 0 amide bonds. The molecule has 12 heavy (non-hydrogen) atoms. The van der Waals surface area contributed by atoms with Gasteiger partial charge in [0.25, 0.3) is 0 Å². The Morgan fingerprint density at radius 1 is 1.33 bits per heavy atom. The first-order valence-corrected chi connectivity index (χ1v) is 4.23. The maximum absolute atomic E-state index is 5.50. The quantitative estimate of drug-likeness (QED) is 0.689. The molecule has 0 atom stereocenters. The molecule has 0 bridgehead atoms. The summed E-state index contributed by atoms with van der Waals surface area (Å²) in [6.45, 7) is 3.44. The number of para-hydroxylation sites is 1. The van der Waals surface area contributed by atoms with Gasteiger partial charge in [0.1, 0.15) is 5.75 Å².